The van der Waals surface area contributed by atoms with Crippen molar-refractivity contribution in [3.8, 4) is 0 Å². The number of carboxylic acid groups (broad SMARTS) is 1. The summed E-state index contributed by atoms with van der Waals surface area (Å²) in [7, 11) is 1.18. The highest BCUT2D eigenvalue weighted by atomic mass is 16.5. The zero-order valence-electron chi connectivity index (χ0n) is 8.12. The number of aromatic nitrogens is 4. The fourth-order valence-corrected chi connectivity index (χ4v) is 1.19. The number of nitrogens with zero attached hydrogens (tertiary/aromatic N) is 4. The average Bonchev–Trinajstić information content (AvgIpc) is 2.74. The first-order valence-corrected chi connectivity index (χ1v) is 4.16. The summed E-state index contributed by atoms with van der Waals surface area (Å²) in [6.45, 7) is 0. The molecule has 82 valence electrons. The largest absolute Gasteiger partial charge is 0.477 e. The van der Waals surface area contributed by atoms with Crippen LogP contribution in [-0.4, -0.2) is 43.7 Å². The van der Waals surface area contributed by atoms with Crippen LogP contribution in [0.4, 0.5) is 0 Å². The van der Waals surface area contributed by atoms with E-state index >= 15 is 0 Å². The standard InChI is InChI=1S/C8H6N4O4/c1-16-7(15)4-2-5(6(13)14)12-3-9-11-8(12)10-4/h2-3H,1H3,(H,13,14). The van der Waals surface area contributed by atoms with E-state index in [2.05, 4.69) is 19.9 Å². The quantitative estimate of drug-likeness (QED) is 0.689. The van der Waals surface area contributed by atoms with E-state index in [4.69, 9.17) is 5.11 Å². The van der Waals surface area contributed by atoms with E-state index in [1.54, 1.807) is 0 Å². The van der Waals surface area contributed by atoms with Crippen molar-refractivity contribution in [1.29, 1.82) is 0 Å². The molecule has 0 atom stereocenters. The van der Waals surface area contributed by atoms with Gasteiger partial charge in [-0.25, -0.2) is 14.6 Å². The van der Waals surface area contributed by atoms with Crippen molar-refractivity contribution >= 4 is 17.7 Å². The number of carboxylic acids is 1. The Balaban J connectivity index is 2.71. The van der Waals surface area contributed by atoms with Crippen molar-refractivity contribution in [1.82, 2.24) is 19.6 Å². The summed E-state index contributed by atoms with van der Waals surface area (Å²) in [5.41, 5.74) is -0.282. The first kappa shape index (κ1) is 10.0. The summed E-state index contributed by atoms with van der Waals surface area (Å²) in [4.78, 5) is 25.9. The number of esters is 1. The van der Waals surface area contributed by atoms with E-state index in [1.807, 2.05) is 0 Å². The number of methoxy groups -OCH3 is 1. The molecule has 0 aliphatic rings. The van der Waals surface area contributed by atoms with E-state index in [9.17, 15) is 9.59 Å². The lowest BCUT2D eigenvalue weighted by Crippen LogP contribution is -2.12. The molecule has 2 aromatic heterocycles. The Morgan fingerprint density at radius 3 is 2.88 bits per heavy atom. The third kappa shape index (κ3) is 1.45. The van der Waals surface area contributed by atoms with Crippen LogP contribution in [0.1, 0.15) is 21.0 Å². The Morgan fingerprint density at radius 2 is 2.25 bits per heavy atom. The zero-order chi connectivity index (χ0) is 11.7. The van der Waals surface area contributed by atoms with Gasteiger partial charge in [-0.3, -0.25) is 4.40 Å². The molecule has 0 amide bonds. The predicted octanol–water partition coefficient (Wildman–Crippen LogP) is -0.391. The summed E-state index contributed by atoms with van der Waals surface area (Å²) in [6.07, 6.45) is 1.20. The monoisotopic (exact) mass is 222 g/mol. The van der Waals surface area contributed by atoms with Crippen molar-refractivity contribution in [3.63, 3.8) is 0 Å². The molecule has 8 nitrogen and oxygen atoms in total. The van der Waals surface area contributed by atoms with E-state index in [1.165, 1.54) is 13.4 Å². The van der Waals surface area contributed by atoms with Gasteiger partial charge in [0.05, 0.1) is 7.11 Å². The molecule has 0 radical (unpaired) electrons. The molecule has 0 fully saturated rings. The predicted molar refractivity (Wildman–Crippen MR) is 49.1 cm³/mol. The van der Waals surface area contributed by atoms with Crippen molar-refractivity contribution in [2.45, 2.75) is 0 Å². The highest BCUT2D eigenvalue weighted by Gasteiger charge is 2.16. The lowest BCUT2D eigenvalue weighted by atomic mass is 10.3. The average molecular weight is 222 g/mol. The van der Waals surface area contributed by atoms with Gasteiger partial charge in [0.15, 0.2) is 5.69 Å². The maximum absolute atomic E-state index is 11.2. The van der Waals surface area contributed by atoms with Crippen LogP contribution in [0.5, 0.6) is 0 Å². The molecule has 0 aliphatic heterocycles. The smallest absolute Gasteiger partial charge is 0.356 e. The Hall–Kier alpha value is -2.51. The summed E-state index contributed by atoms with van der Waals surface area (Å²) in [6, 6.07) is 1.10. The van der Waals surface area contributed by atoms with E-state index in [0.29, 0.717) is 0 Å². The number of carbonyl (C=O) groups is 2. The van der Waals surface area contributed by atoms with Gasteiger partial charge < -0.3 is 9.84 Å². The number of rotatable bonds is 2. The number of carbonyl (C=O) groups excluding carboxylic acids is 1. The molecule has 0 spiro atoms. The number of hydrogen-bond acceptors (Lipinski definition) is 6. The molecular weight excluding hydrogens is 216 g/mol. The molecule has 2 rings (SSSR count). The number of hydrogen-bond donors (Lipinski definition) is 1. The minimum absolute atomic E-state index is 0.0281. The molecular formula is C8H6N4O4. The second-order valence-electron chi connectivity index (χ2n) is 2.82. The summed E-state index contributed by atoms with van der Waals surface area (Å²) >= 11 is 0. The topological polar surface area (TPSA) is 107 Å². The van der Waals surface area contributed by atoms with Gasteiger partial charge >= 0.3 is 11.9 Å². The molecule has 0 unspecified atom stereocenters. The summed E-state index contributed by atoms with van der Waals surface area (Å²) in [5.74, 6) is -1.91. The van der Waals surface area contributed by atoms with Gasteiger partial charge in [-0.2, -0.15) is 0 Å². The third-order valence-corrected chi connectivity index (χ3v) is 1.90. The molecule has 1 N–H and O–H groups in total. The fourth-order valence-electron chi connectivity index (χ4n) is 1.19. The van der Waals surface area contributed by atoms with Crippen LogP contribution in [0, 0.1) is 0 Å². The van der Waals surface area contributed by atoms with Crippen LogP contribution in [-0.2, 0) is 4.74 Å². The van der Waals surface area contributed by atoms with E-state index in [-0.39, 0.29) is 17.2 Å². The number of fused-ring (bicyclic) bond motifs is 1. The van der Waals surface area contributed by atoms with Gasteiger partial charge in [0, 0.05) is 6.07 Å². The lowest BCUT2D eigenvalue weighted by Gasteiger charge is -2.02. The van der Waals surface area contributed by atoms with Crippen molar-refractivity contribution in [3.05, 3.63) is 23.8 Å². The van der Waals surface area contributed by atoms with Crippen LogP contribution in [0.2, 0.25) is 0 Å². The normalized spacial score (nSPS) is 10.3. The SMILES string of the molecule is COC(=O)c1cc(C(=O)O)n2cnnc2n1. The van der Waals surface area contributed by atoms with Crippen LogP contribution in [0.15, 0.2) is 12.4 Å². The minimum atomic E-state index is -1.21. The van der Waals surface area contributed by atoms with Gasteiger partial charge in [-0.1, -0.05) is 0 Å². The third-order valence-electron chi connectivity index (χ3n) is 1.90. The highest BCUT2D eigenvalue weighted by molar-refractivity contribution is 5.92. The number of aromatic carboxylic acids is 1. The minimum Gasteiger partial charge on any atom is -0.477 e. The van der Waals surface area contributed by atoms with Crippen LogP contribution >= 0.6 is 0 Å². The first-order chi connectivity index (χ1) is 7.63. The summed E-state index contributed by atoms with van der Waals surface area (Å²) < 4.78 is 5.61. The van der Waals surface area contributed by atoms with E-state index in [0.717, 1.165) is 10.5 Å². The summed E-state index contributed by atoms with van der Waals surface area (Å²) in [5, 5.41) is 16.0. The molecule has 0 saturated carbocycles. The molecule has 16 heavy (non-hydrogen) atoms. The van der Waals surface area contributed by atoms with Crippen LogP contribution < -0.4 is 0 Å². The Kier molecular flexibility index (Phi) is 2.24. The molecule has 2 heterocycles. The Bertz CT molecular complexity index is 576. The highest BCUT2D eigenvalue weighted by Crippen LogP contribution is 2.07. The van der Waals surface area contributed by atoms with Crippen molar-refractivity contribution in [2.75, 3.05) is 7.11 Å². The Labute approximate surface area is 88.5 Å². The van der Waals surface area contributed by atoms with Gasteiger partial charge in [-0.05, 0) is 0 Å². The molecule has 0 saturated heterocycles. The van der Waals surface area contributed by atoms with Crippen molar-refractivity contribution < 1.29 is 19.4 Å². The van der Waals surface area contributed by atoms with Gasteiger partial charge in [-0.15, -0.1) is 10.2 Å². The molecule has 0 aliphatic carbocycles. The molecule has 2 aromatic rings. The molecule has 0 bridgehead atoms. The lowest BCUT2D eigenvalue weighted by molar-refractivity contribution is 0.0594. The maximum Gasteiger partial charge on any atom is 0.356 e. The fraction of sp³-hybridized carbons (Fsp3) is 0.125. The van der Waals surface area contributed by atoms with E-state index < -0.39 is 11.9 Å². The second-order valence-corrected chi connectivity index (χ2v) is 2.82. The van der Waals surface area contributed by atoms with Crippen LogP contribution in [0.25, 0.3) is 5.78 Å². The number of ether oxygens (including phenoxy) is 1. The first-order valence-electron chi connectivity index (χ1n) is 4.16. The maximum atomic E-state index is 11.2. The van der Waals surface area contributed by atoms with Crippen LogP contribution in [0.3, 0.4) is 0 Å². The van der Waals surface area contributed by atoms with Gasteiger partial charge in [0.25, 0.3) is 5.78 Å². The molecule has 8 heteroatoms. The molecule has 0 aromatic carbocycles. The van der Waals surface area contributed by atoms with Gasteiger partial charge in [0.2, 0.25) is 0 Å². The van der Waals surface area contributed by atoms with Crippen molar-refractivity contribution in [2.24, 2.45) is 0 Å². The zero-order valence-corrected chi connectivity index (χ0v) is 8.12. The Morgan fingerprint density at radius 1 is 1.50 bits per heavy atom. The second kappa shape index (κ2) is 3.57. The van der Waals surface area contributed by atoms with Gasteiger partial charge in [0.1, 0.15) is 12.0 Å².